The quantitative estimate of drug-likeness (QED) is 0.877. The van der Waals surface area contributed by atoms with Gasteiger partial charge in [0.1, 0.15) is 4.34 Å². The summed E-state index contributed by atoms with van der Waals surface area (Å²) in [5.41, 5.74) is 0.540. The molecule has 2 rings (SSSR count). The van der Waals surface area contributed by atoms with E-state index in [4.69, 9.17) is 28.3 Å². The van der Waals surface area contributed by atoms with E-state index in [2.05, 4.69) is 5.32 Å². The molecule has 94 valence electrons. The molecule has 1 saturated carbocycles. The second-order valence-corrected chi connectivity index (χ2v) is 6.68. The second kappa shape index (κ2) is 5.14. The number of halogens is 2. The van der Waals surface area contributed by atoms with Crippen LogP contribution in [-0.4, -0.2) is 24.2 Å². The minimum Gasteiger partial charge on any atom is -0.396 e. The molecule has 0 saturated heterocycles. The molecular weight excluding hydrogens is 281 g/mol. The van der Waals surface area contributed by atoms with E-state index in [1.54, 1.807) is 6.07 Å². The van der Waals surface area contributed by atoms with Crippen molar-refractivity contribution in [1.29, 1.82) is 0 Å². The summed E-state index contributed by atoms with van der Waals surface area (Å²) >= 11 is 12.9. The lowest BCUT2D eigenvalue weighted by atomic mass is 10.0. The third kappa shape index (κ3) is 3.13. The van der Waals surface area contributed by atoms with Crippen LogP contribution in [0.3, 0.4) is 0 Å². The third-order valence-electron chi connectivity index (χ3n) is 3.12. The van der Waals surface area contributed by atoms with Crippen molar-refractivity contribution in [2.24, 2.45) is 5.41 Å². The van der Waals surface area contributed by atoms with E-state index in [1.165, 1.54) is 11.3 Å². The Hall–Kier alpha value is -0.290. The zero-order valence-electron chi connectivity index (χ0n) is 9.13. The number of carbonyl (C=O) groups excluding carboxylic acids is 1. The van der Waals surface area contributed by atoms with E-state index >= 15 is 0 Å². The van der Waals surface area contributed by atoms with Crippen LogP contribution in [0.4, 0.5) is 0 Å². The lowest BCUT2D eigenvalue weighted by molar-refractivity contribution is 0.0941. The van der Waals surface area contributed by atoms with Crippen molar-refractivity contribution in [2.45, 2.75) is 19.3 Å². The fraction of sp³-hybridized carbons (Fsp3) is 0.545. The van der Waals surface area contributed by atoms with Gasteiger partial charge in [0.05, 0.1) is 9.90 Å². The van der Waals surface area contributed by atoms with E-state index in [0.29, 0.717) is 20.8 Å². The Morgan fingerprint density at radius 1 is 1.53 bits per heavy atom. The first kappa shape index (κ1) is 13.1. The lowest BCUT2D eigenvalue weighted by Crippen LogP contribution is -2.30. The zero-order valence-corrected chi connectivity index (χ0v) is 11.5. The van der Waals surface area contributed by atoms with Gasteiger partial charge in [-0.3, -0.25) is 4.79 Å². The Kier molecular flexibility index (Phi) is 3.98. The normalized spacial score (nSPS) is 16.9. The Morgan fingerprint density at radius 2 is 2.24 bits per heavy atom. The highest BCUT2D eigenvalue weighted by Crippen LogP contribution is 2.48. The summed E-state index contributed by atoms with van der Waals surface area (Å²) in [6.45, 7) is 0.761. The highest BCUT2D eigenvalue weighted by Gasteiger charge is 2.42. The SMILES string of the molecule is O=C(NCC1(CCO)CC1)c1cc(Cl)sc1Cl. The Bertz CT molecular complexity index is 429. The molecule has 1 fully saturated rings. The molecule has 1 amide bonds. The van der Waals surface area contributed by atoms with Crippen molar-refractivity contribution in [3.05, 3.63) is 20.3 Å². The summed E-state index contributed by atoms with van der Waals surface area (Å²) in [5.74, 6) is -0.192. The summed E-state index contributed by atoms with van der Waals surface area (Å²) in [7, 11) is 0. The largest absolute Gasteiger partial charge is 0.396 e. The van der Waals surface area contributed by atoms with Gasteiger partial charge in [0, 0.05) is 13.2 Å². The third-order valence-corrected chi connectivity index (χ3v) is 4.61. The first-order valence-corrected chi connectivity index (χ1v) is 6.97. The fourth-order valence-electron chi connectivity index (χ4n) is 1.79. The van der Waals surface area contributed by atoms with Crippen molar-refractivity contribution in [3.8, 4) is 0 Å². The first-order chi connectivity index (χ1) is 8.06. The van der Waals surface area contributed by atoms with Crippen molar-refractivity contribution in [1.82, 2.24) is 5.32 Å². The number of thiophene rings is 1. The van der Waals surface area contributed by atoms with Gasteiger partial charge in [-0.2, -0.15) is 0 Å². The van der Waals surface area contributed by atoms with Crippen LogP contribution < -0.4 is 5.32 Å². The van der Waals surface area contributed by atoms with Gasteiger partial charge >= 0.3 is 0 Å². The van der Waals surface area contributed by atoms with Crippen LogP contribution in [0.2, 0.25) is 8.67 Å². The number of aliphatic hydroxyl groups excluding tert-OH is 1. The summed E-state index contributed by atoms with van der Waals surface area (Å²) in [6, 6.07) is 1.58. The molecule has 0 radical (unpaired) electrons. The fourth-order valence-corrected chi connectivity index (χ4v) is 3.25. The van der Waals surface area contributed by atoms with Gasteiger partial charge < -0.3 is 10.4 Å². The molecule has 0 aromatic carbocycles. The van der Waals surface area contributed by atoms with Crippen LogP contribution in [0.25, 0.3) is 0 Å². The van der Waals surface area contributed by atoms with E-state index in [-0.39, 0.29) is 17.9 Å². The van der Waals surface area contributed by atoms with Crippen LogP contribution >= 0.6 is 34.5 Å². The number of rotatable bonds is 5. The molecule has 6 heteroatoms. The van der Waals surface area contributed by atoms with E-state index < -0.39 is 0 Å². The van der Waals surface area contributed by atoms with Crippen molar-refractivity contribution in [3.63, 3.8) is 0 Å². The average Bonchev–Trinajstić information content (AvgIpc) is 2.95. The predicted octanol–water partition coefficient (Wildman–Crippen LogP) is 2.95. The van der Waals surface area contributed by atoms with Gasteiger partial charge in [-0.05, 0) is 30.7 Å². The minimum absolute atomic E-state index is 0.108. The summed E-state index contributed by atoms with van der Waals surface area (Å²) < 4.78 is 0.927. The molecular formula is C11H13Cl2NO2S. The van der Waals surface area contributed by atoms with E-state index in [1.807, 2.05) is 0 Å². The molecule has 0 unspecified atom stereocenters. The number of hydrogen-bond donors (Lipinski definition) is 2. The zero-order chi connectivity index (χ0) is 12.5. The van der Waals surface area contributed by atoms with Gasteiger partial charge in [0.25, 0.3) is 5.91 Å². The summed E-state index contributed by atoms with van der Waals surface area (Å²) in [4.78, 5) is 11.8. The monoisotopic (exact) mass is 293 g/mol. The van der Waals surface area contributed by atoms with Gasteiger partial charge in [0.2, 0.25) is 0 Å². The maximum Gasteiger partial charge on any atom is 0.253 e. The molecule has 3 nitrogen and oxygen atoms in total. The number of carbonyl (C=O) groups is 1. The van der Waals surface area contributed by atoms with E-state index in [9.17, 15) is 4.79 Å². The first-order valence-electron chi connectivity index (χ1n) is 5.40. The Balaban J connectivity index is 1.92. The average molecular weight is 294 g/mol. The standard InChI is InChI=1S/C11H13Cl2NO2S/c12-8-5-7(9(13)17-8)10(16)14-6-11(1-2-11)3-4-15/h5,15H,1-4,6H2,(H,14,16). The van der Waals surface area contributed by atoms with Crippen LogP contribution in [0.5, 0.6) is 0 Å². The maximum absolute atomic E-state index is 11.8. The molecule has 17 heavy (non-hydrogen) atoms. The van der Waals surface area contributed by atoms with Crippen molar-refractivity contribution >= 4 is 40.4 Å². The second-order valence-electron chi connectivity index (χ2n) is 4.39. The van der Waals surface area contributed by atoms with Gasteiger partial charge in [-0.25, -0.2) is 0 Å². The molecule has 1 aliphatic carbocycles. The smallest absolute Gasteiger partial charge is 0.253 e. The van der Waals surface area contributed by atoms with Crippen molar-refractivity contribution < 1.29 is 9.90 Å². The summed E-state index contributed by atoms with van der Waals surface area (Å²) in [5, 5.41) is 11.8. The summed E-state index contributed by atoms with van der Waals surface area (Å²) in [6.07, 6.45) is 2.86. The molecule has 0 spiro atoms. The van der Waals surface area contributed by atoms with Crippen LogP contribution in [0.15, 0.2) is 6.07 Å². The van der Waals surface area contributed by atoms with Gasteiger partial charge in [0.15, 0.2) is 0 Å². The highest BCUT2D eigenvalue weighted by molar-refractivity contribution is 7.20. The number of amides is 1. The van der Waals surface area contributed by atoms with Crippen LogP contribution in [0.1, 0.15) is 29.6 Å². The predicted molar refractivity (Wildman–Crippen MR) is 70.0 cm³/mol. The number of aliphatic hydroxyl groups is 1. The minimum atomic E-state index is -0.192. The molecule has 2 N–H and O–H groups in total. The van der Waals surface area contributed by atoms with Gasteiger partial charge in [-0.15, -0.1) is 11.3 Å². The van der Waals surface area contributed by atoms with Gasteiger partial charge in [-0.1, -0.05) is 23.2 Å². The topological polar surface area (TPSA) is 49.3 Å². The Labute approximate surface area is 114 Å². The highest BCUT2D eigenvalue weighted by atomic mass is 35.5. The molecule has 0 atom stereocenters. The molecule has 1 heterocycles. The molecule has 1 aliphatic rings. The number of hydrogen-bond acceptors (Lipinski definition) is 3. The van der Waals surface area contributed by atoms with E-state index in [0.717, 1.165) is 19.3 Å². The van der Waals surface area contributed by atoms with Crippen LogP contribution in [0, 0.1) is 5.41 Å². The van der Waals surface area contributed by atoms with Crippen molar-refractivity contribution in [2.75, 3.05) is 13.2 Å². The Morgan fingerprint density at radius 3 is 2.71 bits per heavy atom. The molecule has 0 aliphatic heterocycles. The maximum atomic E-state index is 11.8. The van der Waals surface area contributed by atoms with Crippen LogP contribution in [-0.2, 0) is 0 Å². The number of nitrogens with one attached hydrogen (secondary N) is 1. The molecule has 0 bridgehead atoms. The molecule has 1 aromatic heterocycles. The molecule has 1 aromatic rings. The lowest BCUT2D eigenvalue weighted by Gasteiger charge is -2.14.